The third kappa shape index (κ3) is 9.05. The lowest BCUT2D eigenvalue weighted by Crippen LogP contribution is -2.37. The summed E-state index contributed by atoms with van der Waals surface area (Å²) in [4.78, 5) is 0. The molecule has 4 N–H and O–H groups in total. The summed E-state index contributed by atoms with van der Waals surface area (Å²) >= 11 is 0. The van der Waals surface area contributed by atoms with E-state index in [1.54, 1.807) is 51.4 Å². The van der Waals surface area contributed by atoms with E-state index in [-0.39, 0.29) is 0 Å². The Morgan fingerprint density at radius 2 is 0.698 bits per heavy atom. The molecule has 0 heterocycles. The lowest BCUT2D eigenvalue weighted by molar-refractivity contribution is 0.0776. The molecule has 0 radical (unpaired) electrons. The van der Waals surface area contributed by atoms with Crippen molar-refractivity contribution in [3.63, 3.8) is 0 Å². The second-order valence-corrected chi connectivity index (χ2v) is 17.8. The second kappa shape index (κ2) is 16.7. The zero-order valence-corrected chi connectivity index (χ0v) is 28.6. The van der Waals surface area contributed by atoms with Gasteiger partial charge in [-0.2, -0.15) is 0 Å². The third-order valence-electron chi connectivity index (χ3n) is 15.5. The van der Waals surface area contributed by atoms with E-state index in [9.17, 15) is 0 Å². The lowest BCUT2D eigenvalue weighted by Gasteiger charge is -2.44. The predicted molar refractivity (Wildman–Crippen MR) is 185 cm³/mol. The Morgan fingerprint density at radius 1 is 0.372 bits per heavy atom. The van der Waals surface area contributed by atoms with E-state index in [2.05, 4.69) is 0 Å². The van der Waals surface area contributed by atoms with Crippen molar-refractivity contribution in [3.8, 4) is 0 Å². The zero-order valence-electron chi connectivity index (χ0n) is 28.6. The van der Waals surface area contributed by atoms with E-state index < -0.39 is 0 Å². The Kier molecular flexibility index (Phi) is 12.7. The maximum atomic E-state index is 6.81. The molecule has 6 saturated carbocycles. The number of nitrogens with two attached hydrogens (primary N) is 2. The molecule has 0 aromatic carbocycles. The van der Waals surface area contributed by atoms with E-state index in [1.165, 1.54) is 128 Å². The largest absolute Gasteiger partial charge is 0.330 e. The number of hydrogen-bond acceptors (Lipinski definition) is 2. The fraction of sp³-hybridized carbons (Fsp3) is 1.00. The highest BCUT2D eigenvalue weighted by atomic mass is 14.7. The van der Waals surface area contributed by atoms with Crippen LogP contribution in [0.25, 0.3) is 0 Å². The van der Waals surface area contributed by atoms with Crippen molar-refractivity contribution in [3.05, 3.63) is 0 Å². The summed E-state index contributed by atoms with van der Waals surface area (Å²) in [7, 11) is 0. The molecule has 2 nitrogen and oxygen atoms in total. The standard InChI is InChI=1S/C41H74N2/c42-29-40(27-30-7-3-1-4-8-30)38-21-19-36(20-22-38)34-13-11-32(12-14-34)33-15-17-35(18-16-33)37-23-25-39(26-24-37)41(43)28-31-9-5-2-6-10-31/h30-41H,1-29,42-43H2. The molecule has 6 aliphatic rings. The van der Waals surface area contributed by atoms with Gasteiger partial charge in [-0.3, -0.25) is 0 Å². The van der Waals surface area contributed by atoms with Gasteiger partial charge in [0.15, 0.2) is 0 Å². The molecule has 0 saturated heterocycles. The van der Waals surface area contributed by atoms with Crippen LogP contribution in [0, 0.1) is 65.1 Å². The molecule has 0 aliphatic heterocycles. The first-order valence-electron chi connectivity index (χ1n) is 20.6. The zero-order chi connectivity index (χ0) is 29.4. The monoisotopic (exact) mass is 595 g/mol. The highest BCUT2D eigenvalue weighted by Gasteiger charge is 2.38. The summed E-state index contributed by atoms with van der Waals surface area (Å²) in [5.74, 6) is 10.9. The van der Waals surface area contributed by atoms with Crippen molar-refractivity contribution in [2.75, 3.05) is 6.54 Å². The van der Waals surface area contributed by atoms with Gasteiger partial charge in [0, 0.05) is 6.04 Å². The van der Waals surface area contributed by atoms with Gasteiger partial charge in [0.25, 0.3) is 0 Å². The Balaban J connectivity index is 0.852. The summed E-state index contributed by atoms with van der Waals surface area (Å²) in [5, 5.41) is 0. The molecule has 248 valence electrons. The van der Waals surface area contributed by atoms with Crippen molar-refractivity contribution in [1.82, 2.24) is 0 Å². The fourth-order valence-corrected chi connectivity index (χ4v) is 12.6. The Morgan fingerprint density at radius 3 is 1.07 bits per heavy atom. The minimum Gasteiger partial charge on any atom is -0.330 e. The summed E-state index contributed by atoms with van der Waals surface area (Å²) in [6.07, 6.45) is 42.0. The molecule has 6 rings (SSSR count). The molecular weight excluding hydrogens is 520 g/mol. The van der Waals surface area contributed by atoms with Crippen molar-refractivity contribution in [1.29, 1.82) is 0 Å². The average Bonchev–Trinajstić information content (AvgIpc) is 3.08. The van der Waals surface area contributed by atoms with Crippen molar-refractivity contribution in [2.24, 2.45) is 76.6 Å². The second-order valence-electron chi connectivity index (χ2n) is 17.8. The molecule has 0 spiro atoms. The van der Waals surface area contributed by atoms with Gasteiger partial charge in [0.2, 0.25) is 0 Å². The van der Waals surface area contributed by atoms with Crippen LogP contribution in [0.3, 0.4) is 0 Å². The predicted octanol–water partition coefficient (Wildman–Crippen LogP) is 11.1. The highest BCUT2D eigenvalue weighted by molar-refractivity contribution is 4.90. The van der Waals surface area contributed by atoms with Gasteiger partial charge in [-0.1, -0.05) is 64.2 Å². The van der Waals surface area contributed by atoms with Crippen LogP contribution in [-0.2, 0) is 0 Å². The Bertz CT molecular complexity index is 751. The summed E-state index contributed by atoms with van der Waals surface area (Å²) in [5.41, 5.74) is 13.2. The minimum atomic E-state index is 0.499. The Hall–Kier alpha value is -0.0800. The molecule has 0 bridgehead atoms. The number of hydrogen-bond donors (Lipinski definition) is 2. The maximum absolute atomic E-state index is 6.81. The van der Waals surface area contributed by atoms with E-state index >= 15 is 0 Å². The average molecular weight is 595 g/mol. The fourth-order valence-electron chi connectivity index (χ4n) is 12.6. The number of rotatable bonds is 10. The maximum Gasteiger partial charge on any atom is 0.00698 e. The minimum absolute atomic E-state index is 0.499. The first-order chi connectivity index (χ1) is 21.2. The van der Waals surface area contributed by atoms with Crippen LogP contribution < -0.4 is 11.5 Å². The first kappa shape index (κ1) is 32.8. The molecule has 2 heteroatoms. The SMILES string of the molecule is NCC(CC1CCCCC1)C1CCC(C2CCC(C3CCC(C4CCC(C(N)CC5CCCCC5)CC4)CC3)CC2)CC1. The van der Waals surface area contributed by atoms with Crippen molar-refractivity contribution >= 4 is 0 Å². The van der Waals surface area contributed by atoms with E-state index in [4.69, 9.17) is 11.5 Å². The molecule has 2 unspecified atom stereocenters. The van der Waals surface area contributed by atoms with Gasteiger partial charge >= 0.3 is 0 Å². The smallest absolute Gasteiger partial charge is 0.00698 e. The summed E-state index contributed by atoms with van der Waals surface area (Å²) < 4.78 is 0. The van der Waals surface area contributed by atoms with E-state index in [0.717, 1.165) is 71.6 Å². The van der Waals surface area contributed by atoms with Crippen LogP contribution in [0.1, 0.15) is 180 Å². The van der Waals surface area contributed by atoms with Crippen LogP contribution in [0.5, 0.6) is 0 Å². The molecule has 2 atom stereocenters. The van der Waals surface area contributed by atoms with Crippen molar-refractivity contribution < 1.29 is 0 Å². The van der Waals surface area contributed by atoms with Gasteiger partial charge < -0.3 is 11.5 Å². The van der Waals surface area contributed by atoms with Gasteiger partial charge in [-0.15, -0.1) is 0 Å². The normalized spacial score (nSPS) is 40.6. The van der Waals surface area contributed by atoms with Crippen molar-refractivity contribution in [2.45, 2.75) is 186 Å². The van der Waals surface area contributed by atoms with E-state index in [1.807, 2.05) is 0 Å². The molecule has 0 amide bonds. The van der Waals surface area contributed by atoms with Gasteiger partial charge in [0.05, 0.1) is 0 Å². The molecule has 0 aromatic heterocycles. The topological polar surface area (TPSA) is 52.0 Å². The van der Waals surface area contributed by atoms with E-state index in [0.29, 0.717) is 6.04 Å². The van der Waals surface area contributed by atoms with Gasteiger partial charge in [0.1, 0.15) is 0 Å². The molecule has 43 heavy (non-hydrogen) atoms. The molecule has 6 aliphatic carbocycles. The third-order valence-corrected chi connectivity index (χ3v) is 15.5. The highest BCUT2D eigenvalue weighted by Crippen LogP contribution is 2.49. The molecule has 0 aromatic rings. The van der Waals surface area contributed by atoms with Crippen LogP contribution >= 0.6 is 0 Å². The lowest BCUT2D eigenvalue weighted by atomic mass is 9.62. The first-order valence-corrected chi connectivity index (χ1v) is 20.6. The van der Waals surface area contributed by atoms with Gasteiger partial charge in [-0.05, 0) is 187 Å². The molecule has 6 fully saturated rings. The summed E-state index contributed by atoms with van der Waals surface area (Å²) in [6, 6.07) is 0.499. The molecular formula is C41H74N2. The quantitative estimate of drug-likeness (QED) is 0.264. The van der Waals surface area contributed by atoms with Crippen LogP contribution in [0.4, 0.5) is 0 Å². The van der Waals surface area contributed by atoms with Crippen LogP contribution in [-0.4, -0.2) is 12.6 Å². The van der Waals surface area contributed by atoms with Crippen LogP contribution in [0.15, 0.2) is 0 Å². The Labute approximate surface area is 268 Å². The summed E-state index contributed by atoms with van der Waals surface area (Å²) in [6.45, 7) is 0.953. The van der Waals surface area contributed by atoms with Gasteiger partial charge in [-0.25, -0.2) is 0 Å². The van der Waals surface area contributed by atoms with Crippen LogP contribution in [0.2, 0.25) is 0 Å².